The molecule has 114 valence electrons. The van der Waals surface area contributed by atoms with Crippen LogP contribution in [0.4, 0.5) is 0 Å². The van der Waals surface area contributed by atoms with Crippen LogP contribution in [0.25, 0.3) is 0 Å². The Balaban J connectivity index is 2.83. The first-order valence-electron chi connectivity index (χ1n) is 6.82. The molecule has 0 fully saturated rings. The molecule has 0 bridgehead atoms. The molecule has 20 heavy (non-hydrogen) atoms. The van der Waals surface area contributed by atoms with Gasteiger partial charge in [0.25, 0.3) is 0 Å². The molecule has 6 heteroatoms. The summed E-state index contributed by atoms with van der Waals surface area (Å²) in [5, 5.41) is 3.35. The van der Waals surface area contributed by atoms with Gasteiger partial charge in [0, 0.05) is 0 Å². The second kappa shape index (κ2) is 9.63. The Hall–Kier alpha value is -0.266. The quantitative estimate of drug-likeness (QED) is 0.504. The fourth-order valence-corrected chi connectivity index (χ4v) is 6.07. The Morgan fingerprint density at radius 3 is 2.20 bits per heavy atom. The van der Waals surface area contributed by atoms with Gasteiger partial charge in [0.2, 0.25) is 0 Å². The molecular formula is C14H26N2O3Ti. The van der Waals surface area contributed by atoms with Crippen molar-refractivity contribution in [2.45, 2.75) is 10.6 Å². The first kappa shape index (κ1) is 17.8. The van der Waals surface area contributed by atoms with Crippen LogP contribution in [0.5, 0.6) is 0 Å². The van der Waals surface area contributed by atoms with E-state index in [1.165, 1.54) is 5.56 Å². The van der Waals surface area contributed by atoms with Crippen molar-refractivity contribution >= 4 is 0 Å². The van der Waals surface area contributed by atoms with E-state index in [0.717, 1.165) is 19.5 Å². The van der Waals surface area contributed by atoms with Crippen LogP contribution in [0.1, 0.15) is 5.56 Å². The minimum atomic E-state index is -3.25. The Labute approximate surface area is 126 Å². The van der Waals surface area contributed by atoms with E-state index in [2.05, 4.69) is 17.4 Å². The number of nitrogens with two attached hydrogens (primary N) is 1. The number of hydrogen-bond donors (Lipinski definition) is 2. The summed E-state index contributed by atoms with van der Waals surface area (Å²) in [6.07, 6.45) is 0.869. The summed E-state index contributed by atoms with van der Waals surface area (Å²) in [4.78, 5) is 0. The van der Waals surface area contributed by atoms with Crippen LogP contribution in [0.15, 0.2) is 30.3 Å². The molecule has 0 aromatic heterocycles. The van der Waals surface area contributed by atoms with E-state index in [4.69, 9.17) is 15.7 Å². The maximum atomic E-state index is 5.67. The number of benzene rings is 1. The van der Waals surface area contributed by atoms with Crippen LogP contribution in [-0.2, 0) is 34.1 Å². The summed E-state index contributed by atoms with van der Waals surface area (Å²) in [5.74, 6) is 0. The van der Waals surface area contributed by atoms with E-state index in [0.29, 0.717) is 6.54 Å². The average Bonchev–Trinajstić information content (AvgIpc) is 2.50. The van der Waals surface area contributed by atoms with Crippen molar-refractivity contribution in [3.05, 3.63) is 35.9 Å². The van der Waals surface area contributed by atoms with Crippen LogP contribution in [0.3, 0.4) is 0 Å². The Morgan fingerprint density at radius 2 is 1.70 bits per heavy atom. The van der Waals surface area contributed by atoms with Gasteiger partial charge in [-0.3, -0.25) is 0 Å². The molecule has 3 N–H and O–H groups in total. The molecule has 0 heterocycles. The minimum absolute atomic E-state index is 0.198. The summed E-state index contributed by atoms with van der Waals surface area (Å²) < 4.78 is 17.2. The average molecular weight is 318 g/mol. The van der Waals surface area contributed by atoms with Crippen LogP contribution < -0.4 is 11.1 Å². The SMILES string of the molecule is C[O][Ti]([O]C)([O]C)[CH](CNCCN)Cc1ccccc1. The van der Waals surface area contributed by atoms with E-state index >= 15 is 0 Å². The fraction of sp³-hybridized carbons (Fsp3) is 0.571. The zero-order chi connectivity index (χ0) is 14.8. The van der Waals surface area contributed by atoms with Crippen LogP contribution in [0, 0.1) is 0 Å². The van der Waals surface area contributed by atoms with E-state index in [1.54, 1.807) is 21.3 Å². The third-order valence-electron chi connectivity index (χ3n) is 3.39. The molecule has 1 rings (SSSR count). The molecule has 0 saturated heterocycles. The summed E-state index contributed by atoms with van der Waals surface area (Å²) in [6, 6.07) is 10.3. The van der Waals surface area contributed by atoms with Gasteiger partial charge < -0.3 is 0 Å². The third kappa shape index (κ3) is 4.93. The topological polar surface area (TPSA) is 65.7 Å². The normalized spacial score (nSPS) is 13.4. The van der Waals surface area contributed by atoms with Crippen molar-refractivity contribution in [2.24, 2.45) is 5.73 Å². The van der Waals surface area contributed by atoms with E-state index < -0.39 is 17.8 Å². The molecule has 0 aliphatic heterocycles. The van der Waals surface area contributed by atoms with E-state index in [-0.39, 0.29) is 4.22 Å². The second-order valence-electron chi connectivity index (χ2n) is 4.60. The first-order valence-corrected chi connectivity index (χ1v) is 9.64. The van der Waals surface area contributed by atoms with Gasteiger partial charge in [0.15, 0.2) is 0 Å². The van der Waals surface area contributed by atoms with Gasteiger partial charge >= 0.3 is 126 Å². The van der Waals surface area contributed by atoms with Gasteiger partial charge in [-0.05, 0) is 0 Å². The van der Waals surface area contributed by atoms with Gasteiger partial charge in [0.1, 0.15) is 0 Å². The predicted octanol–water partition coefficient (Wildman–Crippen LogP) is 1.40. The number of hydrogen-bond acceptors (Lipinski definition) is 5. The van der Waals surface area contributed by atoms with Crippen molar-refractivity contribution in [1.29, 1.82) is 0 Å². The molecule has 1 unspecified atom stereocenters. The Morgan fingerprint density at radius 1 is 1.10 bits per heavy atom. The molecule has 0 radical (unpaired) electrons. The van der Waals surface area contributed by atoms with Crippen molar-refractivity contribution in [3.8, 4) is 0 Å². The van der Waals surface area contributed by atoms with Crippen LogP contribution in [0.2, 0.25) is 4.22 Å². The Bertz CT molecular complexity index is 352. The molecule has 5 nitrogen and oxygen atoms in total. The van der Waals surface area contributed by atoms with Gasteiger partial charge in [-0.25, -0.2) is 0 Å². The molecule has 0 saturated carbocycles. The summed E-state index contributed by atoms with van der Waals surface area (Å²) >= 11 is -3.25. The van der Waals surface area contributed by atoms with Crippen LogP contribution in [-0.4, -0.2) is 41.0 Å². The van der Waals surface area contributed by atoms with Crippen molar-refractivity contribution in [2.75, 3.05) is 41.0 Å². The summed E-state index contributed by atoms with van der Waals surface area (Å²) in [5.41, 5.74) is 6.79. The molecule has 0 amide bonds. The number of nitrogens with one attached hydrogen (secondary N) is 1. The van der Waals surface area contributed by atoms with Crippen LogP contribution >= 0.6 is 0 Å². The second-order valence-corrected chi connectivity index (χ2v) is 9.67. The number of rotatable bonds is 10. The van der Waals surface area contributed by atoms with Crippen molar-refractivity contribution < 1.29 is 27.7 Å². The van der Waals surface area contributed by atoms with Gasteiger partial charge in [0.05, 0.1) is 0 Å². The third-order valence-corrected chi connectivity index (χ3v) is 8.26. The first-order chi connectivity index (χ1) is 9.72. The Kier molecular flexibility index (Phi) is 8.56. The summed E-state index contributed by atoms with van der Waals surface area (Å²) in [6.45, 7) is 2.17. The van der Waals surface area contributed by atoms with Gasteiger partial charge in [-0.15, -0.1) is 0 Å². The zero-order valence-electron chi connectivity index (χ0n) is 12.6. The van der Waals surface area contributed by atoms with Gasteiger partial charge in [-0.2, -0.15) is 0 Å². The standard InChI is InChI=1S/C11H17N2.3CH3O.Ti/c12-8-10-13-9-4-7-11-5-2-1-3-6-11;3*1-2;/h1-6,13H,7-10,12H2;3*1H3;/q;3*-1;+3. The molecule has 0 spiro atoms. The van der Waals surface area contributed by atoms with E-state index in [1.807, 2.05) is 18.2 Å². The molecule has 1 aromatic rings. The predicted molar refractivity (Wildman–Crippen MR) is 76.8 cm³/mol. The molecular weight excluding hydrogens is 292 g/mol. The fourth-order valence-electron chi connectivity index (χ4n) is 2.35. The zero-order valence-corrected chi connectivity index (χ0v) is 14.2. The molecule has 1 aromatic carbocycles. The van der Waals surface area contributed by atoms with Crippen molar-refractivity contribution in [1.82, 2.24) is 5.32 Å². The molecule has 0 aliphatic rings. The van der Waals surface area contributed by atoms with E-state index in [9.17, 15) is 0 Å². The van der Waals surface area contributed by atoms with Gasteiger partial charge in [-0.1, -0.05) is 0 Å². The molecule has 1 atom stereocenters. The maximum absolute atomic E-state index is 5.67. The molecule has 0 aliphatic carbocycles. The summed E-state index contributed by atoms with van der Waals surface area (Å²) in [7, 11) is 5.02. The van der Waals surface area contributed by atoms with Crippen molar-refractivity contribution in [3.63, 3.8) is 0 Å². The monoisotopic (exact) mass is 318 g/mol.